The SMILES string of the molecule is Cc1cnc(OC(=O)N[C@H]2CCC[C@@](O)(C#Cc3cccc(Cl)c3)C2)cn1. The number of amides is 1. The van der Waals surface area contributed by atoms with Gasteiger partial charge in [0.1, 0.15) is 5.60 Å². The van der Waals surface area contributed by atoms with Gasteiger partial charge in [0.2, 0.25) is 5.88 Å². The number of ether oxygens (including phenoxy) is 1. The van der Waals surface area contributed by atoms with E-state index in [0.717, 1.165) is 24.1 Å². The highest BCUT2D eigenvalue weighted by Crippen LogP contribution is 2.28. The number of carbonyl (C=O) groups excluding carboxylic acids is 1. The highest BCUT2D eigenvalue weighted by Gasteiger charge is 2.33. The van der Waals surface area contributed by atoms with Crippen molar-refractivity contribution in [1.82, 2.24) is 15.3 Å². The van der Waals surface area contributed by atoms with Gasteiger partial charge in [-0.1, -0.05) is 29.5 Å². The van der Waals surface area contributed by atoms with E-state index in [-0.39, 0.29) is 11.9 Å². The first kappa shape index (κ1) is 19.2. The number of aryl methyl sites for hydroxylation is 1. The molecular formula is C20H20ClN3O3. The number of aromatic nitrogens is 2. The minimum atomic E-state index is -1.16. The van der Waals surface area contributed by atoms with Crippen LogP contribution in [0.15, 0.2) is 36.7 Å². The summed E-state index contributed by atoms with van der Waals surface area (Å²) in [5.41, 5.74) is 0.309. The summed E-state index contributed by atoms with van der Waals surface area (Å²) >= 11 is 5.96. The third-order valence-corrected chi connectivity index (χ3v) is 4.50. The van der Waals surface area contributed by atoms with Crippen molar-refractivity contribution in [3.05, 3.63) is 52.9 Å². The highest BCUT2D eigenvalue weighted by atomic mass is 35.5. The van der Waals surface area contributed by atoms with Gasteiger partial charge in [0.25, 0.3) is 0 Å². The number of halogens is 1. The number of rotatable bonds is 2. The van der Waals surface area contributed by atoms with Gasteiger partial charge in [-0.25, -0.2) is 9.78 Å². The summed E-state index contributed by atoms with van der Waals surface area (Å²) in [6.45, 7) is 1.80. The van der Waals surface area contributed by atoms with E-state index < -0.39 is 11.7 Å². The fourth-order valence-electron chi connectivity index (χ4n) is 2.97. The number of hydrogen-bond acceptors (Lipinski definition) is 5. The molecule has 0 aliphatic heterocycles. The zero-order valence-corrected chi connectivity index (χ0v) is 15.7. The quantitative estimate of drug-likeness (QED) is 0.775. The zero-order chi connectivity index (χ0) is 19.3. The molecule has 2 aromatic rings. The van der Waals surface area contributed by atoms with Crippen LogP contribution in [0.25, 0.3) is 0 Å². The molecular weight excluding hydrogens is 366 g/mol. The fraction of sp³-hybridized carbons (Fsp3) is 0.350. The van der Waals surface area contributed by atoms with Crippen molar-refractivity contribution < 1.29 is 14.6 Å². The second-order valence-electron chi connectivity index (χ2n) is 6.62. The number of hydrogen-bond donors (Lipinski definition) is 2. The Kier molecular flexibility index (Phi) is 5.94. The van der Waals surface area contributed by atoms with Crippen LogP contribution >= 0.6 is 11.6 Å². The van der Waals surface area contributed by atoms with Crippen molar-refractivity contribution in [2.75, 3.05) is 0 Å². The van der Waals surface area contributed by atoms with Crippen molar-refractivity contribution in [2.45, 2.75) is 44.2 Å². The minimum Gasteiger partial charge on any atom is -0.390 e. The molecule has 1 amide bonds. The average Bonchev–Trinajstić information content (AvgIpc) is 2.62. The molecule has 0 saturated heterocycles. The first-order chi connectivity index (χ1) is 12.9. The summed E-state index contributed by atoms with van der Waals surface area (Å²) in [5.74, 6) is 6.03. The molecule has 0 radical (unpaired) electrons. The molecule has 140 valence electrons. The minimum absolute atomic E-state index is 0.130. The molecule has 1 aromatic heterocycles. The summed E-state index contributed by atoms with van der Waals surface area (Å²) in [6.07, 6.45) is 4.67. The molecule has 3 rings (SSSR count). The van der Waals surface area contributed by atoms with E-state index in [1.165, 1.54) is 12.4 Å². The van der Waals surface area contributed by atoms with Gasteiger partial charge in [0, 0.05) is 23.0 Å². The number of aliphatic hydroxyl groups is 1. The van der Waals surface area contributed by atoms with E-state index >= 15 is 0 Å². The average molecular weight is 386 g/mol. The van der Waals surface area contributed by atoms with E-state index in [1.807, 2.05) is 12.1 Å². The molecule has 0 bridgehead atoms. The van der Waals surface area contributed by atoms with Gasteiger partial charge in [-0.15, -0.1) is 0 Å². The number of carbonyl (C=O) groups is 1. The van der Waals surface area contributed by atoms with Crippen molar-refractivity contribution in [3.63, 3.8) is 0 Å². The van der Waals surface area contributed by atoms with Gasteiger partial charge in [-0.2, -0.15) is 0 Å². The molecule has 1 saturated carbocycles. The van der Waals surface area contributed by atoms with Crippen LogP contribution in [0.1, 0.15) is 36.9 Å². The van der Waals surface area contributed by atoms with Gasteiger partial charge in [-0.05, 0) is 44.4 Å². The first-order valence-electron chi connectivity index (χ1n) is 8.70. The third-order valence-electron chi connectivity index (χ3n) is 4.27. The Hall–Kier alpha value is -2.62. The maximum absolute atomic E-state index is 12.1. The predicted molar refractivity (Wildman–Crippen MR) is 101 cm³/mol. The van der Waals surface area contributed by atoms with Gasteiger partial charge >= 0.3 is 6.09 Å². The standard InChI is InChI=1S/C20H20ClN3O3/c1-14-12-23-18(13-22-14)27-19(25)24-17-6-3-8-20(26,11-17)9-7-15-4-2-5-16(21)10-15/h2,4-5,10,12-13,17,26H,3,6,8,11H2,1H3,(H,24,25)/t17-,20+/m0/s1. The lowest BCUT2D eigenvalue weighted by molar-refractivity contribution is 0.0472. The van der Waals surface area contributed by atoms with Crippen molar-refractivity contribution >= 4 is 17.7 Å². The molecule has 1 aliphatic rings. The van der Waals surface area contributed by atoms with Crippen LogP contribution in [-0.4, -0.2) is 32.8 Å². The summed E-state index contributed by atoms with van der Waals surface area (Å²) < 4.78 is 5.13. The second-order valence-corrected chi connectivity index (χ2v) is 7.05. The van der Waals surface area contributed by atoms with Crippen LogP contribution in [0.4, 0.5) is 4.79 Å². The molecule has 0 spiro atoms. The summed E-state index contributed by atoms with van der Waals surface area (Å²) in [6, 6.07) is 6.93. The Morgan fingerprint density at radius 2 is 2.26 bits per heavy atom. The maximum atomic E-state index is 12.1. The Morgan fingerprint density at radius 3 is 3.00 bits per heavy atom. The summed E-state index contributed by atoms with van der Waals surface area (Å²) in [5, 5.41) is 14.1. The lowest BCUT2D eigenvalue weighted by Crippen LogP contribution is -2.46. The Labute approximate surface area is 162 Å². The molecule has 2 N–H and O–H groups in total. The normalized spacial score (nSPS) is 21.7. The molecule has 6 nitrogen and oxygen atoms in total. The maximum Gasteiger partial charge on any atom is 0.414 e. The zero-order valence-electron chi connectivity index (χ0n) is 14.9. The molecule has 27 heavy (non-hydrogen) atoms. The Bertz CT molecular complexity index is 876. The molecule has 1 fully saturated rings. The summed E-state index contributed by atoms with van der Waals surface area (Å²) in [7, 11) is 0. The molecule has 7 heteroatoms. The number of benzene rings is 1. The van der Waals surface area contributed by atoms with E-state index in [2.05, 4.69) is 27.1 Å². The van der Waals surface area contributed by atoms with Gasteiger partial charge < -0.3 is 15.2 Å². The first-order valence-corrected chi connectivity index (χ1v) is 9.08. The third kappa shape index (κ3) is 5.68. The fourth-order valence-corrected chi connectivity index (χ4v) is 3.16. The van der Waals surface area contributed by atoms with Crippen LogP contribution in [0.3, 0.4) is 0 Å². The lowest BCUT2D eigenvalue weighted by Gasteiger charge is -2.33. The van der Waals surface area contributed by atoms with E-state index in [9.17, 15) is 9.90 Å². The number of nitrogens with zero attached hydrogens (tertiary/aromatic N) is 2. The predicted octanol–water partition coefficient (Wildman–Crippen LogP) is 3.25. The molecule has 1 aromatic carbocycles. The van der Waals surface area contributed by atoms with Crippen LogP contribution < -0.4 is 10.1 Å². The van der Waals surface area contributed by atoms with Gasteiger partial charge in [0.05, 0.1) is 18.1 Å². The topological polar surface area (TPSA) is 84.3 Å². The summed E-state index contributed by atoms with van der Waals surface area (Å²) in [4.78, 5) is 20.1. The van der Waals surface area contributed by atoms with Crippen LogP contribution in [0.5, 0.6) is 5.88 Å². The highest BCUT2D eigenvalue weighted by molar-refractivity contribution is 6.30. The Balaban J connectivity index is 1.60. The lowest BCUT2D eigenvalue weighted by atomic mass is 9.82. The number of nitrogens with one attached hydrogen (secondary N) is 1. The van der Waals surface area contributed by atoms with Crippen molar-refractivity contribution in [3.8, 4) is 17.7 Å². The van der Waals surface area contributed by atoms with Gasteiger partial charge in [0.15, 0.2) is 0 Å². The van der Waals surface area contributed by atoms with Gasteiger partial charge in [-0.3, -0.25) is 4.98 Å². The second kappa shape index (κ2) is 8.38. The Morgan fingerprint density at radius 1 is 1.41 bits per heavy atom. The van der Waals surface area contributed by atoms with Crippen LogP contribution in [-0.2, 0) is 0 Å². The monoisotopic (exact) mass is 385 g/mol. The molecule has 2 atom stereocenters. The van der Waals surface area contributed by atoms with Crippen LogP contribution in [0, 0.1) is 18.8 Å². The molecule has 1 heterocycles. The van der Waals surface area contributed by atoms with Crippen LogP contribution in [0.2, 0.25) is 5.02 Å². The van der Waals surface area contributed by atoms with E-state index in [1.54, 1.807) is 19.1 Å². The van der Waals surface area contributed by atoms with E-state index in [0.29, 0.717) is 17.9 Å². The smallest absolute Gasteiger partial charge is 0.390 e. The molecule has 0 unspecified atom stereocenters. The molecule has 1 aliphatic carbocycles. The largest absolute Gasteiger partial charge is 0.414 e. The van der Waals surface area contributed by atoms with Crippen molar-refractivity contribution in [1.29, 1.82) is 0 Å². The van der Waals surface area contributed by atoms with E-state index in [4.69, 9.17) is 16.3 Å². The van der Waals surface area contributed by atoms with Crippen molar-refractivity contribution in [2.24, 2.45) is 0 Å².